The van der Waals surface area contributed by atoms with Crippen LogP contribution in [0.2, 0.25) is 0 Å². The van der Waals surface area contributed by atoms with E-state index in [0.717, 1.165) is 19.4 Å². The third-order valence-corrected chi connectivity index (χ3v) is 6.17. The maximum Gasteiger partial charge on any atom is 0.268 e. The van der Waals surface area contributed by atoms with Gasteiger partial charge >= 0.3 is 0 Å². The molecule has 0 saturated heterocycles. The standard InChI is InChI=1S/C16H15BrN4OS2/c1-16(2,3)15-18-8-11(24-15)14(22)19-13-7-4-9(20-21-13)10-5-6-12(17)23-10/h4-8H,1-3H3,(H,19,21,22). The Labute approximate surface area is 156 Å². The first-order valence-electron chi connectivity index (χ1n) is 7.20. The number of amides is 1. The molecule has 3 rings (SSSR count). The zero-order valence-electron chi connectivity index (χ0n) is 13.3. The van der Waals surface area contributed by atoms with Gasteiger partial charge in [-0.15, -0.1) is 32.9 Å². The van der Waals surface area contributed by atoms with Crippen LogP contribution >= 0.6 is 38.6 Å². The molecule has 1 amide bonds. The highest BCUT2D eigenvalue weighted by atomic mass is 79.9. The molecule has 8 heteroatoms. The van der Waals surface area contributed by atoms with E-state index in [9.17, 15) is 4.79 Å². The van der Waals surface area contributed by atoms with Crippen LogP contribution in [-0.2, 0) is 5.41 Å². The predicted molar refractivity (Wildman–Crippen MR) is 102 cm³/mol. The lowest BCUT2D eigenvalue weighted by Gasteiger charge is -2.13. The van der Waals surface area contributed by atoms with E-state index < -0.39 is 0 Å². The minimum absolute atomic E-state index is 0.0698. The van der Waals surface area contributed by atoms with Crippen molar-refractivity contribution in [3.8, 4) is 10.6 Å². The number of carbonyl (C=O) groups is 1. The van der Waals surface area contributed by atoms with Crippen LogP contribution in [-0.4, -0.2) is 21.1 Å². The van der Waals surface area contributed by atoms with Crippen LogP contribution in [0.15, 0.2) is 34.2 Å². The molecule has 24 heavy (non-hydrogen) atoms. The first kappa shape index (κ1) is 17.2. The number of nitrogens with one attached hydrogen (secondary N) is 1. The quantitative estimate of drug-likeness (QED) is 0.646. The fourth-order valence-electron chi connectivity index (χ4n) is 1.89. The van der Waals surface area contributed by atoms with Gasteiger partial charge in [0.25, 0.3) is 5.91 Å². The molecule has 0 bridgehead atoms. The number of nitrogens with zero attached hydrogens (tertiary/aromatic N) is 3. The Balaban J connectivity index is 1.72. The first-order chi connectivity index (χ1) is 11.3. The van der Waals surface area contributed by atoms with Crippen molar-refractivity contribution < 1.29 is 4.79 Å². The van der Waals surface area contributed by atoms with Gasteiger partial charge in [0, 0.05) is 5.41 Å². The lowest BCUT2D eigenvalue weighted by Crippen LogP contribution is -2.12. The Morgan fingerprint density at radius 1 is 1.12 bits per heavy atom. The van der Waals surface area contributed by atoms with Gasteiger partial charge in [0.1, 0.15) is 10.6 Å². The number of hydrogen-bond donors (Lipinski definition) is 1. The molecule has 0 spiro atoms. The van der Waals surface area contributed by atoms with Gasteiger partial charge in [0.15, 0.2) is 5.82 Å². The Kier molecular flexibility index (Phi) is 4.80. The van der Waals surface area contributed by atoms with Crippen molar-refractivity contribution >= 4 is 50.3 Å². The summed E-state index contributed by atoms with van der Waals surface area (Å²) >= 11 is 6.40. The highest BCUT2D eigenvalue weighted by molar-refractivity contribution is 9.11. The zero-order valence-corrected chi connectivity index (χ0v) is 16.6. The molecule has 0 aliphatic heterocycles. The van der Waals surface area contributed by atoms with E-state index in [2.05, 4.69) is 57.2 Å². The minimum atomic E-state index is -0.219. The molecule has 3 heterocycles. The maximum atomic E-state index is 12.3. The van der Waals surface area contributed by atoms with Crippen molar-refractivity contribution in [1.82, 2.24) is 15.2 Å². The third-order valence-electron chi connectivity index (χ3n) is 3.10. The molecular formula is C16H15BrN4OS2. The number of thiophene rings is 1. The van der Waals surface area contributed by atoms with Crippen molar-refractivity contribution in [3.63, 3.8) is 0 Å². The average molecular weight is 423 g/mol. The molecule has 0 saturated carbocycles. The smallest absolute Gasteiger partial charge is 0.268 e. The van der Waals surface area contributed by atoms with E-state index >= 15 is 0 Å². The van der Waals surface area contributed by atoms with Crippen LogP contribution in [0.1, 0.15) is 35.5 Å². The second-order valence-electron chi connectivity index (χ2n) is 6.14. The van der Waals surface area contributed by atoms with Crippen LogP contribution in [0.25, 0.3) is 10.6 Å². The van der Waals surface area contributed by atoms with Gasteiger partial charge in [0.2, 0.25) is 0 Å². The second kappa shape index (κ2) is 6.70. The summed E-state index contributed by atoms with van der Waals surface area (Å²) in [5.41, 5.74) is 0.705. The summed E-state index contributed by atoms with van der Waals surface area (Å²) in [6, 6.07) is 7.53. The van der Waals surface area contributed by atoms with E-state index in [1.54, 1.807) is 23.6 Å². The van der Waals surface area contributed by atoms with E-state index in [4.69, 9.17) is 0 Å². The van der Waals surface area contributed by atoms with Gasteiger partial charge in [-0.2, -0.15) is 0 Å². The van der Waals surface area contributed by atoms with E-state index in [1.807, 2.05) is 18.2 Å². The van der Waals surface area contributed by atoms with Gasteiger partial charge in [0.05, 0.1) is 19.9 Å². The van der Waals surface area contributed by atoms with Crippen LogP contribution < -0.4 is 5.32 Å². The fraction of sp³-hybridized carbons (Fsp3) is 0.250. The molecular weight excluding hydrogens is 408 g/mol. The predicted octanol–water partition coefficient (Wildman–Crippen LogP) is 4.97. The largest absolute Gasteiger partial charge is 0.304 e. The summed E-state index contributed by atoms with van der Waals surface area (Å²) in [5.74, 6) is 0.203. The minimum Gasteiger partial charge on any atom is -0.304 e. The molecule has 0 atom stereocenters. The van der Waals surface area contributed by atoms with Gasteiger partial charge in [-0.1, -0.05) is 20.8 Å². The van der Waals surface area contributed by atoms with E-state index in [-0.39, 0.29) is 11.3 Å². The van der Waals surface area contributed by atoms with E-state index in [0.29, 0.717) is 10.7 Å². The highest BCUT2D eigenvalue weighted by Gasteiger charge is 2.20. The van der Waals surface area contributed by atoms with Crippen molar-refractivity contribution in [2.45, 2.75) is 26.2 Å². The molecule has 3 aromatic rings. The number of hydrogen-bond acceptors (Lipinski definition) is 6. The van der Waals surface area contributed by atoms with Gasteiger partial charge in [-0.25, -0.2) is 4.98 Å². The van der Waals surface area contributed by atoms with Gasteiger partial charge < -0.3 is 5.32 Å². The Morgan fingerprint density at radius 2 is 1.92 bits per heavy atom. The van der Waals surface area contributed by atoms with Crippen molar-refractivity contribution in [2.24, 2.45) is 0 Å². The molecule has 1 N–H and O–H groups in total. The molecule has 0 aromatic carbocycles. The number of thiazole rings is 1. The average Bonchev–Trinajstić information content (AvgIpc) is 3.16. The normalized spacial score (nSPS) is 11.5. The van der Waals surface area contributed by atoms with Crippen LogP contribution in [0, 0.1) is 0 Å². The van der Waals surface area contributed by atoms with E-state index in [1.165, 1.54) is 11.3 Å². The lowest BCUT2D eigenvalue weighted by atomic mass is 9.98. The van der Waals surface area contributed by atoms with Crippen LogP contribution in [0.5, 0.6) is 0 Å². The fourth-order valence-corrected chi connectivity index (χ4v) is 4.11. The number of anilines is 1. The number of carbonyl (C=O) groups excluding carboxylic acids is 1. The van der Waals surface area contributed by atoms with Gasteiger partial charge in [-0.05, 0) is 40.2 Å². The Hall–Kier alpha value is -1.64. The molecule has 0 radical (unpaired) electrons. The summed E-state index contributed by atoms with van der Waals surface area (Å²) in [4.78, 5) is 18.2. The number of halogens is 1. The zero-order chi connectivity index (χ0) is 17.3. The van der Waals surface area contributed by atoms with Crippen molar-refractivity contribution in [1.29, 1.82) is 0 Å². The third kappa shape index (κ3) is 3.88. The first-order valence-corrected chi connectivity index (χ1v) is 9.62. The molecule has 0 aliphatic carbocycles. The highest BCUT2D eigenvalue weighted by Crippen LogP contribution is 2.30. The topological polar surface area (TPSA) is 67.8 Å². The molecule has 0 unspecified atom stereocenters. The number of rotatable bonds is 3. The molecule has 3 aromatic heterocycles. The van der Waals surface area contributed by atoms with Crippen LogP contribution in [0.3, 0.4) is 0 Å². The second-order valence-corrected chi connectivity index (χ2v) is 9.64. The maximum absolute atomic E-state index is 12.3. The monoisotopic (exact) mass is 422 g/mol. The summed E-state index contributed by atoms with van der Waals surface area (Å²) in [5, 5.41) is 11.9. The van der Waals surface area contributed by atoms with Crippen LogP contribution in [0.4, 0.5) is 5.82 Å². The summed E-state index contributed by atoms with van der Waals surface area (Å²) in [7, 11) is 0. The Bertz CT molecular complexity index is 865. The Morgan fingerprint density at radius 3 is 2.46 bits per heavy atom. The molecule has 0 aliphatic rings. The van der Waals surface area contributed by atoms with Gasteiger partial charge in [-0.3, -0.25) is 4.79 Å². The van der Waals surface area contributed by atoms with Crippen molar-refractivity contribution in [2.75, 3.05) is 5.32 Å². The lowest BCUT2D eigenvalue weighted by molar-refractivity contribution is 0.103. The molecule has 5 nitrogen and oxygen atoms in total. The summed E-state index contributed by atoms with van der Waals surface area (Å²) in [6.45, 7) is 6.21. The molecule has 0 fully saturated rings. The summed E-state index contributed by atoms with van der Waals surface area (Å²) in [6.07, 6.45) is 1.60. The number of aromatic nitrogens is 3. The van der Waals surface area contributed by atoms with Crippen molar-refractivity contribution in [3.05, 3.63) is 44.1 Å². The molecule has 124 valence electrons. The SMILES string of the molecule is CC(C)(C)c1ncc(C(=O)Nc2ccc(-c3ccc(Br)s3)nn2)s1. The summed E-state index contributed by atoms with van der Waals surface area (Å²) < 4.78 is 1.04.